The van der Waals surface area contributed by atoms with Gasteiger partial charge in [0.1, 0.15) is 11.5 Å². The Bertz CT molecular complexity index is 669. The summed E-state index contributed by atoms with van der Waals surface area (Å²) in [5.74, 6) is -7.13. The molecule has 1 rings (SSSR count). The van der Waals surface area contributed by atoms with E-state index < -0.39 is 35.0 Å². The average Bonchev–Trinajstić information content (AvgIpc) is 2.58. The number of hydrogen-bond acceptors (Lipinski definition) is 3. The molecule has 0 heterocycles. The van der Waals surface area contributed by atoms with Crippen molar-refractivity contribution >= 4 is 5.97 Å². The molecule has 0 saturated carbocycles. The van der Waals surface area contributed by atoms with Crippen LogP contribution in [-0.2, 0) is 14.3 Å². The van der Waals surface area contributed by atoms with Crippen LogP contribution in [0.1, 0.15) is 33.1 Å². The van der Waals surface area contributed by atoms with E-state index in [1.165, 1.54) is 14.0 Å². The fraction of sp³-hybridized carbons (Fsp3) is 0.353. The van der Waals surface area contributed by atoms with Crippen LogP contribution >= 0.6 is 0 Å². The van der Waals surface area contributed by atoms with E-state index in [0.29, 0.717) is 0 Å². The molecule has 1 aliphatic rings. The summed E-state index contributed by atoms with van der Waals surface area (Å²) in [4.78, 5) is 11.0. The molecular formula is C17H18F4O3. The van der Waals surface area contributed by atoms with Gasteiger partial charge in [-0.2, -0.15) is 4.39 Å². The molecule has 24 heavy (non-hydrogen) atoms. The standard InChI is InChI=1S/C17H18F4O3/c1-5-10(11-7-8-12(23-4)17(21)16(11)20)15(19)14(18)9(3)24-13(22)6-2/h6H,2,5,7-8H2,1,3-4H3/b14-9-,15-10-. The highest BCUT2D eigenvalue weighted by Gasteiger charge is 2.28. The van der Waals surface area contributed by atoms with Crippen molar-refractivity contribution in [3.8, 4) is 0 Å². The molecule has 0 aromatic carbocycles. The van der Waals surface area contributed by atoms with E-state index in [1.54, 1.807) is 0 Å². The van der Waals surface area contributed by atoms with Gasteiger partial charge < -0.3 is 9.47 Å². The zero-order valence-electron chi connectivity index (χ0n) is 13.6. The Kier molecular flexibility index (Phi) is 7.00. The summed E-state index contributed by atoms with van der Waals surface area (Å²) in [5.41, 5.74) is -0.601. The van der Waals surface area contributed by atoms with E-state index >= 15 is 0 Å². The minimum Gasteiger partial charge on any atom is -0.498 e. The number of hydrogen-bond donors (Lipinski definition) is 0. The van der Waals surface area contributed by atoms with Crippen LogP contribution in [0.3, 0.4) is 0 Å². The second-order valence-corrected chi connectivity index (χ2v) is 4.88. The van der Waals surface area contributed by atoms with Crippen LogP contribution in [0, 0.1) is 0 Å². The van der Waals surface area contributed by atoms with E-state index in [0.717, 1.165) is 13.0 Å². The Morgan fingerprint density at radius 1 is 1.21 bits per heavy atom. The molecule has 7 heteroatoms. The Balaban J connectivity index is 3.38. The highest BCUT2D eigenvalue weighted by Crippen LogP contribution is 2.39. The Morgan fingerprint density at radius 2 is 1.83 bits per heavy atom. The normalized spacial score (nSPS) is 17.3. The predicted molar refractivity (Wildman–Crippen MR) is 81.0 cm³/mol. The smallest absolute Gasteiger partial charge is 0.335 e. The van der Waals surface area contributed by atoms with E-state index in [4.69, 9.17) is 4.74 Å². The van der Waals surface area contributed by atoms with Crippen LogP contribution in [0.4, 0.5) is 17.6 Å². The summed E-state index contributed by atoms with van der Waals surface area (Å²) in [6, 6.07) is 0. The molecule has 0 fully saturated rings. The third-order valence-corrected chi connectivity index (χ3v) is 3.46. The van der Waals surface area contributed by atoms with Gasteiger partial charge in [-0.05, 0) is 30.9 Å². The monoisotopic (exact) mass is 346 g/mol. The number of ether oxygens (including phenoxy) is 2. The summed E-state index contributed by atoms with van der Waals surface area (Å²) in [5, 5.41) is 0. The van der Waals surface area contributed by atoms with Gasteiger partial charge in [0.2, 0.25) is 0 Å². The van der Waals surface area contributed by atoms with Gasteiger partial charge in [-0.1, -0.05) is 13.5 Å². The Labute approximate surface area is 137 Å². The molecule has 0 spiro atoms. The number of allylic oxidation sites excluding steroid dienone is 8. The average molecular weight is 346 g/mol. The number of carbonyl (C=O) groups excluding carboxylic acids is 1. The molecule has 132 valence electrons. The van der Waals surface area contributed by atoms with Crippen LogP contribution in [0.25, 0.3) is 0 Å². The second kappa shape index (κ2) is 8.52. The number of rotatable bonds is 6. The lowest BCUT2D eigenvalue weighted by molar-refractivity contribution is -0.133. The number of halogens is 4. The fourth-order valence-electron chi connectivity index (χ4n) is 2.21. The van der Waals surface area contributed by atoms with Crippen molar-refractivity contribution in [2.24, 2.45) is 0 Å². The van der Waals surface area contributed by atoms with E-state index in [2.05, 4.69) is 11.3 Å². The molecule has 0 aliphatic heterocycles. The largest absolute Gasteiger partial charge is 0.498 e. The minimum absolute atomic E-state index is 0.0254. The molecule has 0 N–H and O–H groups in total. The molecule has 0 aromatic rings. The van der Waals surface area contributed by atoms with Crippen molar-refractivity contribution in [3.05, 3.63) is 58.6 Å². The van der Waals surface area contributed by atoms with Gasteiger partial charge in [-0.15, -0.1) is 0 Å². The zero-order valence-corrected chi connectivity index (χ0v) is 13.6. The highest BCUT2D eigenvalue weighted by atomic mass is 19.2. The maximum atomic E-state index is 14.4. The highest BCUT2D eigenvalue weighted by molar-refractivity contribution is 5.82. The maximum absolute atomic E-state index is 14.4. The molecule has 3 nitrogen and oxygen atoms in total. The molecule has 0 saturated heterocycles. The molecule has 0 aromatic heterocycles. The first-order valence-electron chi connectivity index (χ1n) is 7.20. The van der Waals surface area contributed by atoms with Gasteiger partial charge in [0.15, 0.2) is 23.3 Å². The van der Waals surface area contributed by atoms with Gasteiger partial charge in [0.05, 0.1) is 7.11 Å². The molecule has 0 unspecified atom stereocenters. The van der Waals surface area contributed by atoms with Crippen molar-refractivity contribution in [2.45, 2.75) is 33.1 Å². The number of methoxy groups -OCH3 is 1. The lowest BCUT2D eigenvalue weighted by Gasteiger charge is -2.19. The lowest BCUT2D eigenvalue weighted by Crippen LogP contribution is -2.07. The molecule has 0 bridgehead atoms. The molecular weight excluding hydrogens is 328 g/mol. The summed E-state index contributed by atoms with van der Waals surface area (Å²) in [6.07, 6.45) is 0.685. The minimum atomic E-state index is -1.45. The van der Waals surface area contributed by atoms with Crippen molar-refractivity contribution in [1.82, 2.24) is 0 Å². The summed E-state index contributed by atoms with van der Waals surface area (Å²) in [6.45, 7) is 5.65. The molecule has 0 atom stereocenters. The van der Waals surface area contributed by atoms with Crippen LogP contribution in [-0.4, -0.2) is 13.1 Å². The van der Waals surface area contributed by atoms with Gasteiger partial charge in [-0.25, -0.2) is 18.0 Å². The van der Waals surface area contributed by atoms with Gasteiger partial charge in [0, 0.05) is 12.5 Å². The second-order valence-electron chi connectivity index (χ2n) is 4.88. The van der Waals surface area contributed by atoms with Crippen LogP contribution in [0.2, 0.25) is 0 Å². The van der Waals surface area contributed by atoms with Crippen LogP contribution < -0.4 is 0 Å². The van der Waals surface area contributed by atoms with Gasteiger partial charge >= 0.3 is 5.97 Å². The topological polar surface area (TPSA) is 35.5 Å². The summed E-state index contributed by atoms with van der Waals surface area (Å²) in [7, 11) is 1.20. The Morgan fingerprint density at radius 3 is 2.33 bits per heavy atom. The van der Waals surface area contributed by atoms with E-state index in [9.17, 15) is 22.4 Å². The predicted octanol–water partition coefficient (Wildman–Crippen LogP) is 5.40. The third-order valence-electron chi connectivity index (χ3n) is 3.46. The van der Waals surface area contributed by atoms with Crippen molar-refractivity contribution in [1.29, 1.82) is 0 Å². The summed E-state index contributed by atoms with van der Waals surface area (Å²) < 4.78 is 65.7. The number of esters is 1. The van der Waals surface area contributed by atoms with Crippen molar-refractivity contribution < 1.29 is 31.8 Å². The van der Waals surface area contributed by atoms with Gasteiger partial charge in [0.25, 0.3) is 0 Å². The van der Waals surface area contributed by atoms with Gasteiger partial charge in [-0.3, -0.25) is 0 Å². The van der Waals surface area contributed by atoms with E-state index in [1.807, 2.05) is 0 Å². The van der Waals surface area contributed by atoms with Crippen molar-refractivity contribution in [2.75, 3.05) is 7.11 Å². The fourth-order valence-corrected chi connectivity index (χ4v) is 2.21. The zero-order chi connectivity index (χ0) is 18.4. The molecule has 0 amide bonds. The van der Waals surface area contributed by atoms with Crippen LogP contribution in [0.5, 0.6) is 0 Å². The molecule has 0 radical (unpaired) electrons. The van der Waals surface area contributed by atoms with Crippen molar-refractivity contribution in [3.63, 3.8) is 0 Å². The SMILES string of the molecule is C=CC(=O)O/C(C)=C(F)/C(F)=C(\CC)C1=C(F)C(F)=C(OC)CC1. The first-order valence-corrected chi connectivity index (χ1v) is 7.20. The maximum Gasteiger partial charge on any atom is 0.335 e. The quantitative estimate of drug-likeness (QED) is 0.212. The van der Waals surface area contributed by atoms with Crippen LogP contribution in [0.15, 0.2) is 58.6 Å². The molecule has 1 aliphatic carbocycles. The summed E-state index contributed by atoms with van der Waals surface area (Å²) >= 11 is 0. The van der Waals surface area contributed by atoms with E-state index in [-0.39, 0.29) is 36.2 Å². The number of carbonyl (C=O) groups is 1. The first kappa shape index (κ1) is 19.7. The Hall–Kier alpha value is -2.31. The third kappa shape index (κ3) is 4.15. The first-order chi connectivity index (χ1) is 11.3. The lowest BCUT2D eigenvalue weighted by atomic mass is 9.92.